The van der Waals surface area contributed by atoms with Gasteiger partial charge in [-0.15, -0.1) is 0 Å². The maximum atomic E-state index is 12.3. The summed E-state index contributed by atoms with van der Waals surface area (Å²) >= 11 is 0. The highest BCUT2D eigenvalue weighted by Gasteiger charge is 2.32. The first-order valence-electron chi connectivity index (χ1n) is 44.4. The Bertz CT molecular complexity index is 1330. The number of carbonyl (C=O) groups excluding carboxylic acids is 2. The van der Waals surface area contributed by atoms with E-state index in [9.17, 15) is 9.59 Å². The number of primary amides is 2. The lowest BCUT2D eigenvalue weighted by Crippen LogP contribution is -2.37. The summed E-state index contributed by atoms with van der Waals surface area (Å²) in [6, 6.07) is 0. The molecular weight excluding hydrogens is 1150 g/mol. The molecule has 0 aliphatic rings. The second-order valence-corrected chi connectivity index (χ2v) is 31.2. The summed E-state index contributed by atoms with van der Waals surface area (Å²) in [7, 11) is 0. The maximum absolute atomic E-state index is 12.3. The highest BCUT2D eigenvalue weighted by molar-refractivity contribution is 5.65. The molecule has 6 nitrogen and oxygen atoms in total. The van der Waals surface area contributed by atoms with Crippen LogP contribution in [0.3, 0.4) is 0 Å². The van der Waals surface area contributed by atoms with Crippen molar-refractivity contribution in [3.05, 3.63) is 0 Å². The first kappa shape index (κ1) is 92.5. The van der Waals surface area contributed by atoms with Crippen LogP contribution in [-0.2, 0) is 9.47 Å². The fourth-order valence-electron chi connectivity index (χ4n) is 15.4. The van der Waals surface area contributed by atoms with Crippen molar-refractivity contribution in [2.24, 2.45) is 11.5 Å². The first-order chi connectivity index (χ1) is 46.5. The molecule has 0 unspecified atom stereocenters. The van der Waals surface area contributed by atoms with Crippen molar-refractivity contribution in [1.29, 1.82) is 0 Å². The molecule has 2 amide bonds. The Morgan fingerprint density at radius 2 is 0.319 bits per heavy atom. The zero-order valence-electron chi connectivity index (χ0n) is 65.0. The van der Waals surface area contributed by atoms with Crippen LogP contribution in [0.5, 0.6) is 0 Å². The smallest absolute Gasteiger partial charge is 0.405 e. The first-order valence-corrected chi connectivity index (χ1v) is 44.4. The van der Waals surface area contributed by atoms with E-state index in [0.29, 0.717) is 6.61 Å². The summed E-state index contributed by atoms with van der Waals surface area (Å²) in [4.78, 5) is 23.4. The highest BCUT2D eigenvalue weighted by atomic mass is 16.6. The molecule has 0 saturated carbocycles. The summed E-state index contributed by atoms with van der Waals surface area (Å²) in [6.45, 7) is 4.97. The maximum Gasteiger partial charge on any atom is 0.405 e. The largest absolute Gasteiger partial charge is 0.450 e. The Labute approximate surface area is 592 Å². The number of rotatable bonds is 85. The molecule has 0 spiro atoms. The zero-order chi connectivity index (χ0) is 67.8. The Balaban J connectivity index is 3.79. The Morgan fingerprint density at radius 1 is 0.191 bits per heavy atom. The predicted octanol–water partition coefficient (Wildman–Crippen LogP) is 31.9. The number of carbonyl (C=O) groups is 2. The van der Waals surface area contributed by atoms with Crippen molar-refractivity contribution in [3.8, 4) is 0 Å². The fourth-order valence-corrected chi connectivity index (χ4v) is 15.4. The molecule has 0 bridgehead atoms. The third-order valence-corrected chi connectivity index (χ3v) is 21.8. The topological polar surface area (TPSA) is 105 Å². The second-order valence-electron chi connectivity index (χ2n) is 31.2. The molecule has 0 aromatic heterocycles. The van der Waals surface area contributed by atoms with Gasteiger partial charge in [0.25, 0.3) is 0 Å². The van der Waals surface area contributed by atoms with Gasteiger partial charge in [-0.2, -0.15) is 0 Å². The van der Waals surface area contributed by atoms with Gasteiger partial charge in [0.1, 0.15) is 5.60 Å². The van der Waals surface area contributed by atoms with Crippen LogP contribution in [0.4, 0.5) is 9.59 Å². The highest BCUT2D eigenvalue weighted by Crippen LogP contribution is 2.33. The number of unbranched alkanes of at least 4 members (excludes halogenated alkanes) is 76. The molecule has 94 heavy (non-hydrogen) atoms. The Morgan fingerprint density at radius 3 is 0.447 bits per heavy atom. The van der Waals surface area contributed by atoms with E-state index in [1.165, 1.54) is 475 Å². The second kappa shape index (κ2) is 82.2. The number of hydrogen-bond acceptors (Lipinski definition) is 4. The van der Waals surface area contributed by atoms with Crippen molar-refractivity contribution in [3.63, 3.8) is 0 Å². The number of ether oxygens (including phenoxy) is 2. The molecular formula is C88H176N2O4. The molecule has 0 aliphatic carbocycles. The van der Waals surface area contributed by atoms with Gasteiger partial charge in [0.05, 0.1) is 6.61 Å². The van der Waals surface area contributed by atoms with Gasteiger partial charge in [-0.3, -0.25) is 0 Å². The van der Waals surface area contributed by atoms with Crippen LogP contribution >= 0.6 is 0 Å². The Kier molecular flexibility index (Phi) is 80.9. The third kappa shape index (κ3) is 79.5. The summed E-state index contributed by atoms with van der Waals surface area (Å²) in [5.41, 5.74) is 10.5. The molecule has 0 heterocycles. The lowest BCUT2D eigenvalue weighted by atomic mass is 9.84. The molecule has 0 fully saturated rings. The van der Waals surface area contributed by atoms with Gasteiger partial charge >= 0.3 is 12.2 Å². The van der Waals surface area contributed by atoms with Crippen molar-refractivity contribution in [2.75, 3.05) is 6.61 Å². The number of hydrogen-bond donors (Lipinski definition) is 2. The standard InChI is InChI=1S/C88H176N2O4/c1-3-5-7-9-11-13-15-17-19-21-23-25-27-29-31-33-35-37-39-41-43-45-47-49-51-53-55-57-59-61-63-65-67-69-71-73-75-78-82-88(94-87(90)92,84-80-77-81-85-93-86(89)91)83-79-76-74-72-70-68-66-64-62-60-58-56-54-52-50-48-46-44-42-40-38-36-34-32-30-28-26-24-22-20-18-16-14-12-10-8-6-4-2/h3-85H2,1-2H3,(H2,89,91)(H2,90,92). The molecule has 0 rings (SSSR count). The third-order valence-electron chi connectivity index (χ3n) is 21.8. The van der Waals surface area contributed by atoms with Crippen LogP contribution in [0, 0.1) is 0 Å². The normalized spacial score (nSPS) is 11.8. The molecule has 0 aromatic rings. The number of amides is 2. The molecule has 4 N–H and O–H groups in total. The van der Waals surface area contributed by atoms with E-state index in [1.807, 2.05) is 0 Å². The van der Waals surface area contributed by atoms with Gasteiger partial charge in [-0.25, -0.2) is 9.59 Å². The molecule has 562 valence electrons. The molecule has 0 radical (unpaired) electrons. The average Bonchev–Trinajstić information content (AvgIpc) is 1.14. The van der Waals surface area contributed by atoms with Gasteiger partial charge in [0.2, 0.25) is 0 Å². The summed E-state index contributed by atoms with van der Waals surface area (Å²) in [5, 5.41) is 0. The van der Waals surface area contributed by atoms with E-state index in [1.54, 1.807) is 0 Å². The molecule has 0 aliphatic heterocycles. The fraction of sp³-hybridized carbons (Fsp3) is 0.977. The lowest BCUT2D eigenvalue weighted by molar-refractivity contribution is -0.00989. The minimum atomic E-state index is -0.712. The van der Waals surface area contributed by atoms with Crippen LogP contribution in [0.15, 0.2) is 0 Å². The van der Waals surface area contributed by atoms with E-state index in [4.69, 9.17) is 20.9 Å². The van der Waals surface area contributed by atoms with Crippen LogP contribution in [0.25, 0.3) is 0 Å². The molecule has 6 heteroatoms. The van der Waals surface area contributed by atoms with Gasteiger partial charge in [0.15, 0.2) is 0 Å². The Hall–Kier alpha value is -1.46. The minimum absolute atomic E-state index is 0.346. The predicted molar refractivity (Wildman–Crippen MR) is 419 cm³/mol. The summed E-state index contributed by atoms with van der Waals surface area (Å²) in [6.07, 6.45) is 112. The minimum Gasteiger partial charge on any atom is -0.450 e. The monoisotopic (exact) mass is 1330 g/mol. The van der Waals surface area contributed by atoms with Crippen LogP contribution in [-0.4, -0.2) is 24.4 Å². The van der Waals surface area contributed by atoms with E-state index < -0.39 is 17.8 Å². The van der Waals surface area contributed by atoms with Crippen LogP contribution in [0.2, 0.25) is 0 Å². The summed E-state index contributed by atoms with van der Waals surface area (Å²) < 4.78 is 11.0. The SMILES string of the molecule is CCCCCCCCCCCCCCCCCCCCCCCCCCCCCCCCCCCCCCCCC(CCCCCCCCCCCCCCCCCCCCCCCCCCCCCCCCCCCCCCCC)(CCCCCOC(N)=O)OC(N)=O. The van der Waals surface area contributed by atoms with Gasteiger partial charge < -0.3 is 20.9 Å². The van der Waals surface area contributed by atoms with Crippen molar-refractivity contribution in [1.82, 2.24) is 0 Å². The van der Waals surface area contributed by atoms with Crippen molar-refractivity contribution < 1.29 is 19.1 Å². The number of nitrogens with two attached hydrogens (primary N) is 2. The van der Waals surface area contributed by atoms with Gasteiger partial charge in [0, 0.05) is 0 Å². The van der Waals surface area contributed by atoms with Crippen LogP contribution < -0.4 is 11.5 Å². The van der Waals surface area contributed by atoms with E-state index in [0.717, 1.165) is 51.4 Å². The molecule has 0 saturated heterocycles. The quantitative estimate of drug-likeness (QED) is 0.0592. The van der Waals surface area contributed by atoms with E-state index in [-0.39, 0.29) is 0 Å². The van der Waals surface area contributed by atoms with Crippen molar-refractivity contribution in [2.45, 2.75) is 546 Å². The lowest BCUT2D eigenvalue weighted by Gasteiger charge is -2.33. The van der Waals surface area contributed by atoms with Gasteiger partial charge in [-0.1, -0.05) is 489 Å². The average molecular weight is 1330 g/mol. The van der Waals surface area contributed by atoms with E-state index >= 15 is 0 Å². The summed E-state index contributed by atoms with van der Waals surface area (Å²) in [5.74, 6) is 0. The van der Waals surface area contributed by atoms with Crippen LogP contribution in [0.1, 0.15) is 540 Å². The molecule has 0 atom stereocenters. The zero-order valence-corrected chi connectivity index (χ0v) is 65.0. The van der Waals surface area contributed by atoms with Gasteiger partial charge in [-0.05, 0) is 51.4 Å². The van der Waals surface area contributed by atoms with Crippen molar-refractivity contribution >= 4 is 12.2 Å². The molecule has 0 aromatic carbocycles. The van der Waals surface area contributed by atoms with E-state index in [2.05, 4.69) is 13.8 Å².